The average molecular weight is 581 g/mol. The summed E-state index contributed by atoms with van der Waals surface area (Å²) >= 11 is 0. The smallest absolute Gasteiger partial charge is 0.243 e. The zero-order valence-electron chi connectivity index (χ0n) is 21.2. The lowest BCUT2D eigenvalue weighted by Gasteiger charge is -2.18. The molecule has 4 aromatic rings. The molecule has 0 amide bonds. The molecule has 1 unspecified atom stereocenters. The summed E-state index contributed by atoms with van der Waals surface area (Å²) in [6, 6.07) is 9.24. The molecule has 0 fully saturated rings. The van der Waals surface area contributed by atoms with E-state index in [-0.39, 0.29) is 23.0 Å². The number of rotatable bonds is 10. The van der Waals surface area contributed by atoms with E-state index in [0.29, 0.717) is 17.2 Å². The van der Waals surface area contributed by atoms with Gasteiger partial charge in [-0.25, -0.2) is 21.2 Å². The molecule has 2 aromatic heterocycles. The van der Waals surface area contributed by atoms with Crippen LogP contribution in [0.2, 0.25) is 0 Å². The number of ether oxygens (including phenoxy) is 2. The predicted molar refractivity (Wildman–Crippen MR) is 139 cm³/mol. The van der Waals surface area contributed by atoms with E-state index in [0.717, 1.165) is 24.5 Å². The van der Waals surface area contributed by atoms with Crippen molar-refractivity contribution in [3.8, 4) is 28.7 Å². The fraction of sp³-hybridized carbons (Fsp3) is 0.261. The molecular weight excluding hydrogens is 555 g/mol. The van der Waals surface area contributed by atoms with Crippen LogP contribution in [-0.2, 0) is 26.9 Å². The molecule has 2 N–H and O–H groups in total. The number of para-hydroxylation sites is 1. The second-order valence-corrected chi connectivity index (χ2v) is 12.2. The van der Waals surface area contributed by atoms with Crippen molar-refractivity contribution in [1.82, 2.24) is 24.5 Å². The van der Waals surface area contributed by atoms with Gasteiger partial charge in [0.15, 0.2) is 15.7 Å². The first kappa shape index (κ1) is 28.0. The van der Waals surface area contributed by atoms with Gasteiger partial charge in [-0.1, -0.05) is 12.1 Å². The number of aliphatic hydroxyl groups excluding tert-OH is 1. The highest BCUT2D eigenvalue weighted by molar-refractivity contribution is 7.92. The molecule has 39 heavy (non-hydrogen) atoms. The summed E-state index contributed by atoms with van der Waals surface area (Å²) in [5, 5.41) is 23.1. The van der Waals surface area contributed by atoms with Gasteiger partial charge >= 0.3 is 0 Å². The number of aryl methyl sites for hydroxylation is 1. The Morgan fingerprint density at radius 3 is 2.28 bits per heavy atom. The predicted octanol–water partition coefficient (Wildman–Crippen LogP) is 1.70. The van der Waals surface area contributed by atoms with Crippen molar-refractivity contribution in [2.24, 2.45) is 7.05 Å². The molecule has 2 aromatic carbocycles. The molecule has 0 saturated heterocycles. The summed E-state index contributed by atoms with van der Waals surface area (Å²) in [5.41, 5.74) is 0.350. The number of benzene rings is 2. The maximum absolute atomic E-state index is 13.7. The largest absolute Gasteiger partial charge is 0.494 e. The monoisotopic (exact) mass is 580 g/mol. The molecular formula is C23H25FN6O7S2. The van der Waals surface area contributed by atoms with Crippen molar-refractivity contribution in [1.29, 1.82) is 0 Å². The van der Waals surface area contributed by atoms with Crippen molar-refractivity contribution in [2.45, 2.75) is 11.0 Å². The van der Waals surface area contributed by atoms with Crippen LogP contribution in [0.4, 0.5) is 10.3 Å². The van der Waals surface area contributed by atoms with Crippen LogP contribution in [0.25, 0.3) is 17.2 Å². The molecule has 0 spiro atoms. The fourth-order valence-corrected chi connectivity index (χ4v) is 5.95. The highest BCUT2D eigenvalue weighted by Gasteiger charge is 2.29. The van der Waals surface area contributed by atoms with Crippen molar-refractivity contribution in [2.75, 3.05) is 31.0 Å². The van der Waals surface area contributed by atoms with Crippen LogP contribution in [0.5, 0.6) is 11.5 Å². The number of halogens is 1. The first-order valence-electron chi connectivity index (χ1n) is 11.2. The van der Waals surface area contributed by atoms with E-state index in [9.17, 15) is 26.3 Å². The third-order valence-electron chi connectivity index (χ3n) is 5.59. The summed E-state index contributed by atoms with van der Waals surface area (Å²) in [4.78, 5) is -0.524. The van der Waals surface area contributed by atoms with Gasteiger partial charge in [-0.2, -0.15) is 5.10 Å². The summed E-state index contributed by atoms with van der Waals surface area (Å²) in [6.45, 7) is 0. The Kier molecular flexibility index (Phi) is 7.63. The van der Waals surface area contributed by atoms with Gasteiger partial charge in [0.05, 0.1) is 31.0 Å². The Labute approximate surface area is 223 Å². The van der Waals surface area contributed by atoms with Crippen molar-refractivity contribution in [3.05, 3.63) is 60.0 Å². The minimum atomic E-state index is -4.41. The molecule has 0 aliphatic rings. The maximum Gasteiger partial charge on any atom is 0.243 e. The van der Waals surface area contributed by atoms with Gasteiger partial charge in [0.25, 0.3) is 0 Å². The number of aliphatic hydroxyl groups is 1. The van der Waals surface area contributed by atoms with Gasteiger partial charge in [-0.15, -0.1) is 10.2 Å². The van der Waals surface area contributed by atoms with E-state index in [2.05, 4.69) is 20.0 Å². The van der Waals surface area contributed by atoms with E-state index in [1.165, 1.54) is 23.5 Å². The van der Waals surface area contributed by atoms with E-state index < -0.39 is 42.4 Å². The minimum absolute atomic E-state index is 0.148. The SMILES string of the molecule is COc1cccc(OC)c1-n1c(NS(=O)(=O)CC(O)c2ccc(F)cc2S(C)(=O)=O)nnc1-c1ccn(C)n1. The van der Waals surface area contributed by atoms with Crippen LogP contribution < -0.4 is 14.2 Å². The van der Waals surface area contributed by atoms with Crippen LogP contribution in [-0.4, -0.2) is 72.7 Å². The molecule has 0 radical (unpaired) electrons. The zero-order chi connectivity index (χ0) is 28.5. The van der Waals surface area contributed by atoms with Crippen LogP contribution in [0, 0.1) is 5.82 Å². The molecule has 13 nitrogen and oxygen atoms in total. The Hall–Kier alpha value is -4.02. The fourth-order valence-electron chi connectivity index (χ4n) is 3.90. The van der Waals surface area contributed by atoms with E-state index in [4.69, 9.17) is 9.47 Å². The molecule has 208 valence electrons. The molecule has 1 atom stereocenters. The highest BCUT2D eigenvalue weighted by Crippen LogP contribution is 2.37. The van der Waals surface area contributed by atoms with Gasteiger partial charge in [0, 0.05) is 25.1 Å². The Bertz CT molecular complexity index is 1710. The van der Waals surface area contributed by atoms with Gasteiger partial charge in [-0.3, -0.25) is 14.0 Å². The number of hydrogen-bond acceptors (Lipinski definition) is 10. The number of sulfonamides is 1. The number of hydrogen-bond donors (Lipinski definition) is 2. The molecule has 16 heteroatoms. The zero-order valence-corrected chi connectivity index (χ0v) is 22.9. The number of sulfone groups is 1. The lowest BCUT2D eigenvalue weighted by Crippen LogP contribution is -2.24. The van der Waals surface area contributed by atoms with E-state index >= 15 is 0 Å². The number of nitrogens with zero attached hydrogens (tertiary/aromatic N) is 5. The quantitative estimate of drug-likeness (QED) is 0.282. The van der Waals surface area contributed by atoms with Crippen molar-refractivity contribution in [3.63, 3.8) is 0 Å². The lowest BCUT2D eigenvalue weighted by atomic mass is 10.1. The van der Waals surface area contributed by atoms with Crippen molar-refractivity contribution < 1.29 is 35.8 Å². The van der Waals surface area contributed by atoms with Crippen LogP contribution in [0.1, 0.15) is 11.7 Å². The van der Waals surface area contributed by atoms with E-state index in [1.807, 2.05) is 0 Å². The molecule has 2 heterocycles. The standard InChI is InChI=1S/C23H25FN6O7S2/c1-29-11-10-16(27-29)22-25-26-23(30(22)21-18(36-2)6-5-7-19(21)37-3)28-39(34,35)13-17(31)15-9-8-14(24)12-20(15)38(4,32)33/h5-12,17,31H,13H2,1-4H3,(H,26,28). The molecule has 0 aliphatic carbocycles. The van der Waals surface area contributed by atoms with E-state index in [1.54, 1.807) is 37.5 Å². The molecule has 0 saturated carbocycles. The molecule has 0 aliphatic heterocycles. The van der Waals surface area contributed by atoms with Crippen molar-refractivity contribution >= 4 is 25.8 Å². The van der Waals surface area contributed by atoms with Gasteiger partial charge in [0.1, 0.15) is 28.7 Å². The minimum Gasteiger partial charge on any atom is -0.494 e. The van der Waals surface area contributed by atoms with Crippen LogP contribution >= 0.6 is 0 Å². The van der Waals surface area contributed by atoms with Crippen LogP contribution in [0.15, 0.2) is 53.6 Å². The number of methoxy groups -OCH3 is 2. The summed E-state index contributed by atoms with van der Waals surface area (Å²) in [5.74, 6) is -1.36. The lowest BCUT2D eigenvalue weighted by molar-refractivity contribution is 0.198. The van der Waals surface area contributed by atoms with Crippen LogP contribution in [0.3, 0.4) is 0 Å². The Morgan fingerprint density at radius 1 is 1.05 bits per heavy atom. The summed E-state index contributed by atoms with van der Waals surface area (Å²) < 4.78 is 80.5. The Balaban J connectivity index is 1.79. The third kappa shape index (κ3) is 5.86. The average Bonchev–Trinajstić information content (AvgIpc) is 3.47. The van der Waals surface area contributed by atoms with Gasteiger partial charge in [0.2, 0.25) is 16.0 Å². The maximum atomic E-state index is 13.7. The Morgan fingerprint density at radius 2 is 1.72 bits per heavy atom. The van der Waals surface area contributed by atoms with Gasteiger partial charge in [-0.05, 0) is 30.3 Å². The second kappa shape index (κ2) is 10.6. The second-order valence-electron chi connectivity index (χ2n) is 8.42. The number of anilines is 1. The molecule has 0 bridgehead atoms. The topological polar surface area (TPSA) is 168 Å². The number of nitrogens with one attached hydrogen (secondary N) is 1. The first-order valence-corrected chi connectivity index (χ1v) is 14.7. The summed E-state index contributed by atoms with van der Waals surface area (Å²) in [7, 11) is -3.85. The highest BCUT2D eigenvalue weighted by atomic mass is 32.2. The normalized spacial score (nSPS) is 12.8. The third-order valence-corrected chi connectivity index (χ3v) is 7.99. The first-order chi connectivity index (χ1) is 18.3. The molecule has 4 rings (SSSR count). The number of aromatic nitrogens is 5. The summed E-state index contributed by atoms with van der Waals surface area (Å²) in [6.07, 6.45) is 0.670. The van der Waals surface area contributed by atoms with Gasteiger partial charge < -0.3 is 14.6 Å².